The highest BCUT2D eigenvalue weighted by Gasteiger charge is 2.38. The quantitative estimate of drug-likeness (QED) is 0.572. The molecule has 0 saturated heterocycles. The van der Waals surface area contributed by atoms with Crippen LogP contribution in [-0.2, 0) is 4.79 Å². The lowest BCUT2D eigenvalue weighted by Crippen LogP contribution is -2.39. The standard InChI is InChI=1S/C10H20OSi/c1-8-6-5-7-9(11)10(8)12(2,3)4/h8,10H,5-7H2,1-4H3/t8-,10+/m0/s1. The van der Waals surface area contributed by atoms with Gasteiger partial charge in [-0.05, 0) is 18.8 Å². The van der Waals surface area contributed by atoms with Crippen molar-refractivity contribution in [2.75, 3.05) is 0 Å². The van der Waals surface area contributed by atoms with E-state index in [0.717, 1.165) is 12.8 Å². The number of carbonyl (C=O) groups is 1. The Balaban J connectivity index is 2.77. The van der Waals surface area contributed by atoms with E-state index < -0.39 is 8.07 Å². The Bertz CT molecular complexity index is 181. The first kappa shape index (κ1) is 9.97. The molecule has 1 rings (SSSR count). The van der Waals surface area contributed by atoms with Crippen LogP contribution >= 0.6 is 0 Å². The second-order valence-electron chi connectivity index (χ2n) is 5.18. The molecule has 1 aliphatic rings. The van der Waals surface area contributed by atoms with Crippen LogP contribution < -0.4 is 0 Å². The lowest BCUT2D eigenvalue weighted by molar-refractivity contribution is -0.121. The van der Waals surface area contributed by atoms with Gasteiger partial charge < -0.3 is 0 Å². The maximum Gasteiger partial charge on any atom is 0.133 e. The molecule has 0 radical (unpaired) electrons. The lowest BCUT2D eigenvalue weighted by atomic mass is 9.89. The molecule has 0 amide bonds. The van der Waals surface area contributed by atoms with Gasteiger partial charge in [-0.1, -0.05) is 26.6 Å². The summed E-state index contributed by atoms with van der Waals surface area (Å²) in [5.74, 6) is 1.20. The third-order valence-corrected chi connectivity index (χ3v) is 5.69. The van der Waals surface area contributed by atoms with Crippen LogP contribution in [0.3, 0.4) is 0 Å². The molecule has 1 saturated carbocycles. The molecule has 0 spiro atoms. The van der Waals surface area contributed by atoms with Gasteiger partial charge in [0.1, 0.15) is 5.78 Å². The summed E-state index contributed by atoms with van der Waals surface area (Å²) in [5, 5.41) is 0. The fourth-order valence-electron chi connectivity index (χ4n) is 2.57. The zero-order valence-electron chi connectivity index (χ0n) is 8.68. The Labute approximate surface area is 76.6 Å². The average Bonchev–Trinajstić information content (AvgIpc) is 1.82. The van der Waals surface area contributed by atoms with Gasteiger partial charge in [0, 0.05) is 12.0 Å². The van der Waals surface area contributed by atoms with Gasteiger partial charge in [0.15, 0.2) is 0 Å². The van der Waals surface area contributed by atoms with Crippen LogP contribution in [-0.4, -0.2) is 13.9 Å². The van der Waals surface area contributed by atoms with E-state index in [4.69, 9.17) is 0 Å². The molecule has 12 heavy (non-hydrogen) atoms. The van der Waals surface area contributed by atoms with Crippen LogP contribution in [0.1, 0.15) is 26.2 Å². The van der Waals surface area contributed by atoms with E-state index in [1.807, 2.05) is 0 Å². The highest BCUT2D eigenvalue weighted by atomic mass is 28.3. The Hall–Kier alpha value is -0.113. The van der Waals surface area contributed by atoms with Crippen LogP contribution in [0.4, 0.5) is 0 Å². The van der Waals surface area contributed by atoms with E-state index in [-0.39, 0.29) is 0 Å². The molecule has 0 bridgehead atoms. The Morgan fingerprint density at radius 1 is 1.33 bits per heavy atom. The van der Waals surface area contributed by atoms with E-state index in [2.05, 4.69) is 26.6 Å². The number of ketones is 1. The van der Waals surface area contributed by atoms with Gasteiger partial charge in [0.2, 0.25) is 0 Å². The molecule has 1 nitrogen and oxygen atoms in total. The second kappa shape index (κ2) is 3.33. The Morgan fingerprint density at radius 3 is 2.25 bits per heavy atom. The van der Waals surface area contributed by atoms with Crippen molar-refractivity contribution in [2.24, 2.45) is 5.92 Å². The summed E-state index contributed by atoms with van der Waals surface area (Å²) in [5.41, 5.74) is 0.436. The minimum atomic E-state index is -1.23. The zero-order valence-corrected chi connectivity index (χ0v) is 9.68. The molecule has 0 aliphatic heterocycles. The fraction of sp³-hybridized carbons (Fsp3) is 0.900. The summed E-state index contributed by atoms with van der Waals surface area (Å²) in [6.45, 7) is 9.20. The molecule has 1 fully saturated rings. The number of hydrogen-bond donors (Lipinski definition) is 0. The summed E-state index contributed by atoms with van der Waals surface area (Å²) >= 11 is 0. The van der Waals surface area contributed by atoms with Crippen LogP contribution in [0.15, 0.2) is 0 Å². The minimum Gasteiger partial charge on any atom is -0.300 e. The molecule has 0 unspecified atom stereocenters. The topological polar surface area (TPSA) is 17.1 Å². The van der Waals surface area contributed by atoms with Gasteiger partial charge in [-0.15, -0.1) is 0 Å². The van der Waals surface area contributed by atoms with E-state index in [1.54, 1.807) is 0 Å². The van der Waals surface area contributed by atoms with Crippen molar-refractivity contribution in [3.05, 3.63) is 0 Å². The number of rotatable bonds is 1. The second-order valence-corrected chi connectivity index (χ2v) is 10.5. The molecule has 0 aromatic heterocycles. The highest BCUT2D eigenvalue weighted by Crippen LogP contribution is 2.38. The lowest BCUT2D eigenvalue weighted by Gasteiger charge is -2.36. The van der Waals surface area contributed by atoms with Crippen LogP contribution in [0.5, 0.6) is 0 Å². The average molecular weight is 184 g/mol. The summed E-state index contributed by atoms with van der Waals surface area (Å²) in [6, 6.07) is 0. The van der Waals surface area contributed by atoms with Gasteiger partial charge in [-0.3, -0.25) is 4.79 Å². The van der Waals surface area contributed by atoms with E-state index in [1.165, 1.54) is 6.42 Å². The van der Waals surface area contributed by atoms with Gasteiger partial charge in [0.05, 0.1) is 8.07 Å². The first-order valence-electron chi connectivity index (χ1n) is 4.95. The van der Waals surface area contributed by atoms with Crippen molar-refractivity contribution in [1.82, 2.24) is 0 Å². The maximum atomic E-state index is 11.7. The minimum absolute atomic E-state index is 0.436. The van der Waals surface area contributed by atoms with Crippen molar-refractivity contribution >= 4 is 13.9 Å². The van der Waals surface area contributed by atoms with E-state index in [9.17, 15) is 4.79 Å². The molecule has 2 heteroatoms. The number of Topliss-reactive ketones (excluding diaryl/α,β-unsaturated/α-hetero) is 1. The SMILES string of the molecule is C[C@H]1CCCC(=O)[C@@H]1[Si](C)(C)C. The first-order chi connectivity index (χ1) is 5.43. The van der Waals surface area contributed by atoms with Crippen LogP contribution in [0.25, 0.3) is 0 Å². The summed E-state index contributed by atoms with van der Waals surface area (Å²) in [6.07, 6.45) is 3.24. The van der Waals surface area contributed by atoms with Crippen LogP contribution in [0, 0.1) is 5.92 Å². The molecule has 70 valence electrons. The highest BCUT2D eigenvalue weighted by molar-refractivity contribution is 6.80. The normalized spacial score (nSPS) is 32.2. The monoisotopic (exact) mass is 184 g/mol. The Kier molecular flexibility index (Phi) is 2.76. The molecule has 0 N–H and O–H groups in total. The number of hydrogen-bond acceptors (Lipinski definition) is 1. The zero-order chi connectivity index (χ0) is 9.35. The molecule has 2 atom stereocenters. The third-order valence-electron chi connectivity index (χ3n) is 2.93. The number of carbonyl (C=O) groups excluding carboxylic acids is 1. The Morgan fingerprint density at radius 2 is 1.92 bits per heavy atom. The summed E-state index contributed by atoms with van der Waals surface area (Å²) < 4.78 is 0. The molecule has 0 aromatic rings. The molecule has 1 aliphatic carbocycles. The molecular weight excluding hydrogens is 164 g/mol. The van der Waals surface area contributed by atoms with Crippen LogP contribution in [0.2, 0.25) is 25.2 Å². The predicted octanol–water partition coefficient (Wildman–Crippen LogP) is 3.08. The fourth-order valence-corrected chi connectivity index (χ4v) is 5.56. The van der Waals surface area contributed by atoms with Gasteiger partial charge in [0.25, 0.3) is 0 Å². The van der Waals surface area contributed by atoms with E-state index in [0.29, 0.717) is 17.2 Å². The predicted molar refractivity (Wildman–Crippen MR) is 55.1 cm³/mol. The van der Waals surface area contributed by atoms with Crippen molar-refractivity contribution in [1.29, 1.82) is 0 Å². The third kappa shape index (κ3) is 1.97. The smallest absolute Gasteiger partial charge is 0.133 e. The summed E-state index contributed by atoms with van der Waals surface area (Å²) in [4.78, 5) is 11.7. The largest absolute Gasteiger partial charge is 0.300 e. The molecule has 0 heterocycles. The van der Waals surface area contributed by atoms with Crippen molar-refractivity contribution < 1.29 is 4.79 Å². The summed E-state index contributed by atoms with van der Waals surface area (Å²) in [7, 11) is -1.23. The van der Waals surface area contributed by atoms with Gasteiger partial charge in [-0.25, -0.2) is 0 Å². The van der Waals surface area contributed by atoms with E-state index >= 15 is 0 Å². The van der Waals surface area contributed by atoms with Gasteiger partial charge >= 0.3 is 0 Å². The van der Waals surface area contributed by atoms with Crippen molar-refractivity contribution in [3.8, 4) is 0 Å². The van der Waals surface area contributed by atoms with Crippen molar-refractivity contribution in [3.63, 3.8) is 0 Å². The van der Waals surface area contributed by atoms with Gasteiger partial charge in [-0.2, -0.15) is 0 Å². The maximum absolute atomic E-state index is 11.7. The van der Waals surface area contributed by atoms with Crippen molar-refractivity contribution in [2.45, 2.75) is 51.4 Å². The first-order valence-corrected chi connectivity index (χ1v) is 8.53. The molecule has 0 aromatic carbocycles. The molecular formula is C10H20OSi.